The standard InChI is InChI=1S/C27H30FN5O3S/c1-5-32(6-2)37(35,36)23-12-10-22(11-13-23)30-27(34)15-14-24-18(3)29-26-17-25(31-33(26)19(24)4)20-8-7-9-21(28)16-20/h7-13,16-17H,5-6,14-15H2,1-4H3,(H,30,34). The molecule has 0 unspecified atom stereocenters. The zero-order chi connectivity index (χ0) is 26.7. The Hall–Kier alpha value is -3.63. The van der Waals surface area contributed by atoms with Gasteiger partial charge in [-0.1, -0.05) is 26.0 Å². The van der Waals surface area contributed by atoms with Crippen molar-refractivity contribution in [3.05, 3.63) is 77.4 Å². The van der Waals surface area contributed by atoms with Crippen molar-refractivity contribution in [2.75, 3.05) is 18.4 Å². The van der Waals surface area contributed by atoms with E-state index in [1.165, 1.54) is 28.6 Å². The molecule has 0 atom stereocenters. The van der Waals surface area contributed by atoms with E-state index in [-0.39, 0.29) is 23.0 Å². The number of rotatable bonds is 9. The van der Waals surface area contributed by atoms with Gasteiger partial charge in [-0.05, 0) is 62.2 Å². The number of aryl methyl sites for hydroxylation is 2. The van der Waals surface area contributed by atoms with E-state index in [0.29, 0.717) is 42.1 Å². The van der Waals surface area contributed by atoms with E-state index in [2.05, 4.69) is 15.4 Å². The Morgan fingerprint density at radius 2 is 1.76 bits per heavy atom. The van der Waals surface area contributed by atoms with Crippen LogP contribution in [0.4, 0.5) is 10.1 Å². The van der Waals surface area contributed by atoms with Gasteiger partial charge in [-0.3, -0.25) is 4.79 Å². The van der Waals surface area contributed by atoms with Gasteiger partial charge in [-0.25, -0.2) is 22.3 Å². The van der Waals surface area contributed by atoms with Crippen LogP contribution in [0, 0.1) is 19.7 Å². The van der Waals surface area contributed by atoms with E-state index in [4.69, 9.17) is 0 Å². The lowest BCUT2D eigenvalue weighted by atomic mass is 10.1. The maximum atomic E-state index is 13.7. The van der Waals surface area contributed by atoms with Crippen molar-refractivity contribution < 1.29 is 17.6 Å². The van der Waals surface area contributed by atoms with Gasteiger partial charge in [0.15, 0.2) is 5.65 Å². The molecule has 2 heterocycles. The van der Waals surface area contributed by atoms with Crippen molar-refractivity contribution in [3.8, 4) is 11.3 Å². The number of nitrogens with zero attached hydrogens (tertiary/aromatic N) is 4. The van der Waals surface area contributed by atoms with Gasteiger partial charge < -0.3 is 5.32 Å². The molecule has 1 N–H and O–H groups in total. The van der Waals surface area contributed by atoms with E-state index < -0.39 is 10.0 Å². The molecule has 8 nitrogen and oxygen atoms in total. The largest absolute Gasteiger partial charge is 0.326 e. The molecule has 4 rings (SSSR count). The molecule has 37 heavy (non-hydrogen) atoms. The number of halogens is 1. The fourth-order valence-electron chi connectivity index (χ4n) is 4.36. The lowest BCUT2D eigenvalue weighted by molar-refractivity contribution is -0.116. The summed E-state index contributed by atoms with van der Waals surface area (Å²) in [7, 11) is -3.55. The summed E-state index contributed by atoms with van der Waals surface area (Å²) in [6.45, 7) is 8.18. The van der Waals surface area contributed by atoms with Crippen molar-refractivity contribution in [3.63, 3.8) is 0 Å². The number of hydrogen-bond acceptors (Lipinski definition) is 5. The summed E-state index contributed by atoms with van der Waals surface area (Å²) in [4.78, 5) is 17.5. The van der Waals surface area contributed by atoms with Crippen LogP contribution in [0.15, 0.2) is 59.5 Å². The number of carbonyl (C=O) groups is 1. The molecule has 4 aromatic rings. The molecular weight excluding hydrogens is 493 g/mol. The number of aromatic nitrogens is 3. The van der Waals surface area contributed by atoms with Crippen LogP contribution in [0.2, 0.25) is 0 Å². The fraction of sp³-hybridized carbons (Fsp3) is 0.296. The minimum absolute atomic E-state index is 0.191. The van der Waals surface area contributed by atoms with E-state index >= 15 is 0 Å². The highest BCUT2D eigenvalue weighted by molar-refractivity contribution is 7.89. The van der Waals surface area contributed by atoms with Crippen molar-refractivity contribution in [1.29, 1.82) is 0 Å². The molecule has 0 bridgehead atoms. The number of benzene rings is 2. The number of nitrogens with one attached hydrogen (secondary N) is 1. The van der Waals surface area contributed by atoms with E-state index in [9.17, 15) is 17.6 Å². The number of sulfonamides is 1. The fourth-order valence-corrected chi connectivity index (χ4v) is 5.82. The minimum Gasteiger partial charge on any atom is -0.326 e. The molecular formula is C27H30FN5O3S. The summed E-state index contributed by atoms with van der Waals surface area (Å²) in [6.07, 6.45) is 0.669. The molecule has 0 aliphatic rings. The number of anilines is 1. The smallest absolute Gasteiger partial charge is 0.243 e. The summed E-state index contributed by atoms with van der Waals surface area (Å²) >= 11 is 0. The van der Waals surface area contributed by atoms with Gasteiger partial charge in [-0.2, -0.15) is 9.40 Å². The van der Waals surface area contributed by atoms with Crippen LogP contribution in [-0.4, -0.2) is 46.3 Å². The average molecular weight is 524 g/mol. The Bertz CT molecular complexity index is 1540. The van der Waals surface area contributed by atoms with E-state index in [1.54, 1.807) is 42.6 Å². The number of fused-ring (bicyclic) bond motifs is 1. The lowest BCUT2D eigenvalue weighted by Gasteiger charge is -2.18. The van der Waals surface area contributed by atoms with Crippen molar-refractivity contribution in [2.45, 2.75) is 45.4 Å². The Balaban J connectivity index is 1.46. The quantitative estimate of drug-likeness (QED) is 0.341. The zero-order valence-corrected chi connectivity index (χ0v) is 22.1. The van der Waals surface area contributed by atoms with Crippen LogP contribution in [0.5, 0.6) is 0 Å². The highest BCUT2D eigenvalue weighted by atomic mass is 32.2. The van der Waals surface area contributed by atoms with Crippen LogP contribution in [0.3, 0.4) is 0 Å². The van der Waals surface area contributed by atoms with Crippen LogP contribution < -0.4 is 5.32 Å². The topological polar surface area (TPSA) is 96.7 Å². The summed E-state index contributed by atoms with van der Waals surface area (Å²) in [6, 6.07) is 14.3. The predicted octanol–water partition coefficient (Wildman–Crippen LogP) is 4.75. The first-order valence-electron chi connectivity index (χ1n) is 12.2. The Morgan fingerprint density at radius 3 is 2.41 bits per heavy atom. The predicted molar refractivity (Wildman–Crippen MR) is 141 cm³/mol. The normalized spacial score (nSPS) is 11.8. The number of amides is 1. The van der Waals surface area contributed by atoms with Gasteiger partial charge in [0.05, 0.1) is 10.6 Å². The second-order valence-corrected chi connectivity index (χ2v) is 10.7. The summed E-state index contributed by atoms with van der Waals surface area (Å²) in [5.41, 5.74) is 5.05. The van der Waals surface area contributed by atoms with Crippen LogP contribution in [0.1, 0.15) is 37.2 Å². The summed E-state index contributed by atoms with van der Waals surface area (Å²) in [5, 5.41) is 7.44. The average Bonchev–Trinajstić information content (AvgIpc) is 3.29. The van der Waals surface area contributed by atoms with Crippen molar-refractivity contribution in [2.24, 2.45) is 0 Å². The van der Waals surface area contributed by atoms with E-state index in [1.807, 2.05) is 19.9 Å². The Kier molecular flexibility index (Phi) is 7.70. The van der Waals surface area contributed by atoms with Gasteiger partial charge in [0.2, 0.25) is 15.9 Å². The molecule has 0 fully saturated rings. The lowest BCUT2D eigenvalue weighted by Crippen LogP contribution is -2.30. The molecule has 0 spiro atoms. The molecule has 0 radical (unpaired) electrons. The number of hydrogen-bond donors (Lipinski definition) is 1. The Labute approximate surface area is 216 Å². The minimum atomic E-state index is -3.55. The number of carbonyl (C=O) groups excluding carboxylic acids is 1. The molecule has 0 saturated carbocycles. The molecule has 2 aromatic carbocycles. The first-order valence-corrected chi connectivity index (χ1v) is 13.6. The molecule has 0 aliphatic carbocycles. The van der Waals surface area contributed by atoms with Crippen molar-refractivity contribution >= 4 is 27.3 Å². The third-order valence-corrected chi connectivity index (χ3v) is 8.43. The highest BCUT2D eigenvalue weighted by Crippen LogP contribution is 2.24. The Morgan fingerprint density at radius 1 is 1.05 bits per heavy atom. The van der Waals surface area contributed by atoms with E-state index in [0.717, 1.165) is 17.0 Å². The van der Waals surface area contributed by atoms with Gasteiger partial charge >= 0.3 is 0 Å². The third kappa shape index (κ3) is 5.55. The molecule has 1 amide bonds. The van der Waals surface area contributed by atoms with Gasteiger partial charge in [-0.15, -0.1) is 0 Å². The van der Waals surface area contributed by atoms with Gasteiger partial charge in [0.1, 0.15) is 5.82 Å². The van der Waals surface area contributed by atoms with Crippen LogP contribution in [-0.2, 0) is 21.2 Å². The zero-order valence-electron chi connectivity index (χ0n) is 21.3. The van der Waals surface area contributed by atoms with Gasteiger partial charge in [0.25, 0.3) is 0 Å². The van der Waals surface area contributed by atoms with Crippen LogP contribution >= 0.6 is 0 Å². The maximum absolute atomic E-state index is 13.7. The summed E-state index contributed by atoms with van der Waals surface area (Å²) in [5.74, 6) is -0.526. The maximum Gasteiger partial charge on any atom is 0.243 e. The van der Waals surface area contributed by atoms with Crippen LogP contribution in [0.25, 0.3) is 16.9 Å². The monoisotopic (exact) mass is 523 g/mol. The molecule has 194 valence electrons. The van der Waals surface area contributed by atoms with Crippen molar-refractivity contribution in [1.82, 2.24) is 18.9 Å². The summed E-state index contributed by atoms with van der Waals surface area (Å²) < 4.78 is 42.1. The second-order valence-electron chi connectivity index (χ2n) is 8.73. The third-order valence-electron chi connectivity index (χ3n) is 6.37. The first-order chi connectivity index (χ1) is 17.6. The second kappa shape index (κ2) is 10.8. The molecule has 0 saturated heterocycles. The SMILES string of the molecule is CCN(CC)S(=O)(=O)c1ccc(NC(=O)CCc2c(C)nc3cc(-c4cccc(F)c4)nn3c2C)cc1. The van der Waals surface area contributed by atoms with Gasteiger partial charge in [0, 0.05) is 48.2 Å². The molecule has 10 heteroatoms. The molecule has 2 aromatic heterocycles. The highest BCUT2D eigenvalue weighted by Gasteiger charge is 2.21. The molecule has 0 aliphatic heterocycles. The first kappa shape index (κ1) is 26.4.